The summed E-state index contributed by atoms with van der Waals surface area (Å²) in [6.07, 6.45) is 6.55. The highest BCUT2D eigenvalue weighted by atomic mass is 35.5. The molecule has 0 saturated carbocycles. The van der Waals surface area contributed by atoms with Gasteiger partial charge in [0.2, 0.25) is 0 Å². The minimum atomic E-state index is -0.429. The van der Waals surface area contributed by atoms with E-state index in [-0.39, 0.29) is 17.4 Å². The average molecular weight is 370 g/mol. The van der Waals surface area contributed by atoms with E-state index < -0.39 is 5.82 Å². The van der Waals surface area contributed by atoms with E-state index in [0.717, 1.165) is 30.8 Å². The van der Waals surface area contributed by atoms with E-state index in [1.807, 2.05) is 29.2 Å². The lowest BCUT2D eigenvalue weighted by Crippen LogP contribution is -2.15. The summed E-state index contributed by atoms with van der Waals surface area (Å²) in [4.78, 5) is 4.01. The van der Waals surface area contributed by atoms with Gasteiger partial charge in [0.1, 0.15) is 17.3 Å². The highest BCUT2D eigenvalue weighted by Crippen LogP contribution is 2.26. The van der Waals surface area contributed by atoms with Crippen LogP contribution >= 0.6 is 24.0 Å². The fourth-order valence-corrected chi connectivity index (χ4v) is 2.48. The third-order valence-corrected chi connectivity index (χ3v) is 3.78. The summed E-state index contributed by atoms with van der Waals surface area (Å²) in [5, 5.41) is 3.43. The molecule has 0 amide bonds. The molecule has 128 valence electrons. The molecule has 0 fully saturated rings. The van der Waals surface area contributed by atoms with Crippen molar-refractivity contribution in [2.24, 2.45) is 0 Å². The van der Waals surface area contributed by atoms with Crippen LogP contribution in [0.1, 0.15) is 12.2 Å². The van der Waals surface area contributed by atoms with Crippen LogP contribution in [-0.2, 0) is 13.1 Å². The highest BCUT2D eigenvalue weighted by Gasteiger charge is 2.07. The van der Waals surface area contributed by atoms with Crippen LogP contribution in [0.15, 0.2) is 53.5 Å². The van der Waals surface area contributed by atoms with Crippen molar-refractivity contribution in [3.8, 4) is 11.3 Å². The van der Waals surface area contributed by atoms with Gasteiger partial charge in [-0.15, -0.1) is 12.4 Å². The number of rotatable bonds is 7. The number of halogens is 3. The Bertz CT molecular complexity index is 759. The van der Waals surface area contributed by atoms with Gasteiger partial charge in [0.25, 0.3) is 0 Å². The zero-order valence-electron chi connectivity index (χ0n) is 12.9. The quantitative estimate of drug-likeness (QED) is 0.621. The Balaban J connectivity index is 0.00000208. The van der Waals surface area contributed by atoms with Crippen molar-refractivity contribution in [3.63, 3.8) is 0 Å². The number of nitrogens with one attached hydrogen (secondary N) is 1. The van der Waals surface area contributed by atoms with Gasteiger partial charge < -0.3 is 14.3 Å². The maximum absolute atomic E-state index is 13.2. The average Bonchev–Trinajstić information content (AvgIpc) is 3.21. The fourth-order valence-electron chi connectivity index (χ4n) is 2.29. The monoisotopic (exact) mass is 369 g/mol. The third kappa shape index (κ3) is 4.84. The molecule has 3 rings (SSSR count). The van der Waals surface area contributed by atoms with Crippen LogP contribution in [0, 0.1) is 5.82 Å². The first-order valence-electron chi connectivity index (χ1n) is 7.43. The van der Waals surface area contributed by atoms with Gasteiger partial charge in [-0.3, -0.25) is 0 Å². The summed E-state index contributed by atoms with van der Waals surface area (Å²) in [6.45, 7) is 2.47. The Morgan fingerprint density at radius 2 is 2.12 bits per heavy atom. The summed E-state index contributed by atoms with van der Waals surface area (Å²) >= 11 is 5.80. The molecule has 0 aliphatic heterocycles. The van der Waals surface area contributed by atoms with Gasteiger partial charge in [0.15, 0.2) is 0 Å². The van der Waals surface area contributed by atoms with Crippen LogP contribution in [0.2, 0.25) is 5.02 Å². The first kappa shape index (κ1) is 18.5. The van der Waals surface area contributed by atoms with Gasteiger partial charge in [0.05, 0.1) is 17.9 Å². The molecule has 2 aromatic heterocycles. The zero-order valence-corrected chi connectivity index (χ0v) is 14.5. The van der Waals surface area contributed by atoms with E-state index in [9.17, 15) is 4.39 Å². The van der Waals surface area contributed by atoms with Crippen LogP contribution in [0.25, 0.3) is 11.3 Å². The smallest absolute Gasteiger partial charge is 0.141 e. The molecule has 0 saturated heterocycles. The number of nitrogens with zero attached hydrogens (tertiary/aromatic N) is 2. The summed E-state index contributed by atoms with van der Waals surface area (Å²) in [6, 6.07) is 8.34. The normalized spacial score (nSPS) is 10.6. The van der Waals surface area contributed by atoms with Gasteiger partial charge in [-0.05, 0) is 43.3 Å². The number of hydrogen-bond donors (Lipinski definition) is 1. The molecule has 4 nitrogen and oxygen atoms in total. The van der Waals surface area contributed by atoms with E-state index >= 15 is 0 Å². The molecule has 0 bridgehead atoms. The molecule has 2 heterocycles. The minimum Gasteiger partial charge on any atom is -0.460 e. The fraction of sp³-hybridized carbons (Fsp3) is 0.235. The van der Waals surface area contributed by atoms with Gasteiger partial charge in [0, 0.05) is 24.5 Å². The molecule has 7 heteroatoms. The Hall–Kier alpha value is -1.82. The molecule has 0 aliphatic rings. The largest absolute Gasteiger partial charge is 0.460 e. The lowest BCUT2D eigenvalue weighted by atomic mass is 10.2. The van der Waals surface area contributed by atoms with Crippen molar-refractivity contribution in [1.29, 1.82) is 0 Å². The molecule has 0 unspecified atom stereocenters. The van der Waals surface area contributed by atoms with Crippen LogP contribution < -0.4 is 5.32 Å². The maximum atomic E-state index is 13.2. The number of imidazole rings is 1. The van der Waals surface area contributed by atoms with E-state index in [2.05, 4.69) is 10.3 Å². The standard InChI is InChI=1S/C17H17ClFN3O.ClH/c18-15-10-13(2-4-16(15)19)17-5-3-14(23-17)11-20-6-1-8-22-9-7-21-12-22;/h2-5,7,9-10,12,20H,1,6,8,11H2;1H. The first-order valence-corrected chi connectivity index (χ1v) is 7.81. The van der Waals surface area contributed by atoms with Crippen LogP contribution in [0.5, 0.6) is 0 Å². The second kappa shape index (κ2) is 8.87. The lowest BCUT2D eigenvalue weighted by Gasteiger charge is -2.04. The molecule has 1 N–H and O–H groups in total. The van der Waals surface area contributed by atoms with Crippen molar-refractivity contribution in [2.45, 2.75) is 19.5 Å². The Morgan fingerprint density at radius 3 is 2.88 bits per heavy atom. The molecule has 3 aromatic rings. The van der Waals surface area contributed by atoms with E-state index in [4.69, 9.17) is 16.0 Å². The molecule has 0 spiro atoms. The molecular weight excluding hydrogens is 352 g/mol. The minimum absolute atomic E-state index is 0. The van der Waals surface area contributed by atoms with Gasteiger partial charge in [-0.1, -0.05) is 11.6 Å². The predicted molar refractivity (Wildman–Crippen MR) is 94.9 cm³/mol. The molecule has 0 atom stereocenters. The third-order valence-electron chi connectivity index (χ3n) is 3.49. The molecule has 1 aromatic carbocycles. The number of furan rings is 1. The van der Waals surface area contributed by atoms with E-state index in [0.29, 0.717) is 12.3 Å². The SMILES string of the molecule is Cl.Fc1ccc(-c2ccc(CNCCCn3ccnc3)o2)cc1Cl. The summed E-state index contributed by atoms with van der Waals surface area (Å²) < 4.78 is 21.0. The topological polar surface area (TPSA) is 43.0 Å². The van der Waals surface area contributed by atoms with Crippen LogP contribution in [0.4, 0.5) is 4.39 Å². The number of hydrogen-bond acceptors (Lipinski definition) is 3. The number of benzene rings is 1. The van der Waals surface area contributed by atoms with Crippen molar-refractivity contribution in [1.82, 2.24) is 14.9 Å². The van der Waals surface area contributed by atoms with Crippen LogP contribution in [0.3, 0.4) is 0 Å². The van der Waals surface area contributed by atoms with E-state index in [1.165, 1.54) is 6.07 Å². The molecule has 24 heavy (non-hydrogen) atoms. The highest BCUT2D eigenvalue weighted by molar-refractivity contribution is 6.31. The molecular formula is C17H18Cl2FN3O. The van der Waals surface area contributed by atoms with Gasteiger partial charge >= 0.3 is 0 Å². The van der Waals surface area contributed by atoms with Crippen molar-refractivity contribution >= 4 is 24.0 Å². The van der Waals surface area contributed by atoms with Gasteiger partial charge in [-0.2, -0.15) is 0 Å². The predicted octanol–water partition coefficient (Wildman–Crippen LogP) is 4.54. The second-order valence-corrected chi connectivity index (χ2v) is 5.63. The molecule has 0 radical (unpaired) electrons. The lowest BCUT2D eigenvalue weighted by molar-refractivity contribution is 0.484. The van der Waals surface area contributed by atoms with E-state index in [1.54, 1.807) is 18.3 Å². The van der Waals surface area contributed by atoms with Crippen LogP contribution in [-0.4, -0.2) is 16.1 Å². The maximum Gasteiger partial charge on any atom is 0.141 e. The first-order chi connectivity index (χ1) is 11.2. The van der Waals surface area contributed by atoms with Crippen molar-refractivity contribution in [3.05, 3.63) is 65.7 Å². The Labute approximate surface area is 151 Å². The summed E-state index contributed by atoms with van der Waals surface area (Å²) in [7, 11) is 0. The Kier molecular flexibility index (Phi) is 6.85. The number of aromatic nitrogens is 2. The second-order valence-electron chi connectivity index (χ2n) is 5.23. The molecule has 0 aliphatic carbocycles. The number of aryl methyl sites for hydroxylation is 1. The summed E-state index contributed by atoms with van der Waals surface area (Å²) in [5.74, 6) is 1.09. The van der Waals surface area contributed by atoms with Crippen molar-refractivity contribution in [2.75, 3.05) is 6.54 Å². The summed E-state index contributed by atoms with van der Waals surface area (Å²) in [5.41, 5.74) is 0.766. The Morgan fingerprint density at radius 1 is 1.25 bits per heavy atom. The van der Waals surface area contributed by atoms with Gasteiger partial charge in [-0.25, -0.2) is 9.37 Å². The van der Waals surface area contributed by atoms with Crippen molar-refractivity contribution < 1.29 is 8.81 Å². The zero-order chi connectivity index (χ0) is 16.1.